The van der Waals surface area contributed by atoms with Gasteiger partial charge in [-0.05, 0) is 11.1 Å². The zero-order valence-electron chi connectivity index (χ0n) is 18.7. The fourth-order valence-corrected chi connectivity index (χ4v) is 4.60. The first-order chi connectivity index (χ1) is 16.9. The van der Waals surface area contributed by atoms with Crippen molar-refractivity contribution in [1.29, 1.82) is 0 Å². The topological polar surface area (TPSA) is 30.7 Å². The van der Waals surface area contributed by atoms with Crippen LogP contribution >= 0.6 is 0 Å². The Bertz CT molecular complexity index is 1540. The minimum atomic E-state index is 0.766. The molecule has 2 heterocycles. The normalized spacial score (nSPS) is 11.1. The van der Waals surface area contributed by atoms with Gasteiger partial charge in [0.25, 0.3) is 0 Å². The SMILES string of the molecule is c1ccc(Cn2cc3c(-c4ccccc4)nnc(-c4ccccc4)c3c2-c2ccccc2)cc1. The third kappa shape index (κ3) is 3.67. The molecule has 0 amide bonds. The zero-order chi connectivity index (χ0) is 22.7. The molecule has 6 rings (SSSR count). The molecule has 0 bridgehead atoms. The summed E-state index contributed by atoms with van der Waals surface area (Å²) in [7, 11) is 0. The first kappa shape index (κ1) is 20.1. The molecule has 34 heavy (non-hydrogen) atoms. The summed E-state index contributed by atoms with van der Waals surface area (Å²) < 4.78 is 2.34. The second-order valence-electron chi connectivity index (χ2n) is 8.38. The standard InChI is InChI=1S/C31H23N3/c1-5-13-23(14-6-1)21-34-22-27-28(31(34)26-19-11-4-12-20-26)30(25-17-9-3-10-18-25)33-32-29(27)24-15-7-2-8-16-24/h1-20,22H,21H2. The van der Waals surface area contributed by atoms with Crippen LogP contribution in [0.3, 0.4) is 0 Å². The van der Waals surface area contributed by atoms with Crippen LogP contribution in [-0.4, -0.2) is 14.8 Å². The van der Waals surface area contributed by atoms with Gasteiger partial charge in [0, 0.05) is 34.6 Å². The van der Waals surface area contributed by atoms with Gasteiger partial charge in [0.05, 0.1) is 5.69 Å². The minimum Gasteiger partial charge on any atom is -0.342 e. The van der Waals surface area contributed by atoms with Crippen molar-refractivity contribution in [3.8, 4) is 33.8 Å². The molecule has 0 unspecified atom stereocenters. The van der Waals surface area contributed by atoms with E-state index >= 15 is 0 Å². The summed E-state index contributed by atoms with van der Waals surface area (Å²) in [4.78, 5) is 0. The third-order valence-corrected chi connectivity index (χ3v) is 6.16. The first-order valence-corrected chi connectivity index (χ1v) is 11.5. The second-order valence-corrected chi connectivity index (χ2v) is 8.38. The Hall–Kier alpha value is -4.50. The molecule has 0 aliphatic heterocycles. The molecule has 0 spiro atoms. The molecular formula is C31H23N3. The molecule has 162 valence electrons. The summed E-state index contributed by atoms with van der Waals surface area (Å²) in [6.07, 6.45) is 2.24. The van der Waals surface area contributed by atoms with Crippen molar-refractivity contribution in [1.82, 2.24) is 14.8 Å². The van der Waals surface area contributed by atoms with E-state index in [-0.39, 0.29) is 0 Å². The lowest BCUT2D eigenvalue weighted by atomic mass is 9.99. The van der Waals surface area contributed by atoms with E-state index < -0.39 is 0 Å². The number of fused-ring (bicyclic) bond motifs is 1. The van der Waals surface area contributed by atoms with Gasteiger partial charge in [-0.3, -0.25) is 0 Å². The highest BCUT2D eigenvalue weighted by Crippen LogP contribution is 2.40. The summed E-state index contributed by atoms with van der Waals surface area (Å²) in [5.74, 6) is 0. The lowest BCUT2D eigenvalue weighted by Gasteiger charge is -2.12. The Morgan fingerprint density at radius 3 is 1.56 bits per heavy atom. The molecule has 6 aromatic rings. The zero-order valence-corrected chi connectivity index (χ0v) is 18.7. The molecule has 0 saturated heterocycles. The molecule has 3 heteroatoms. The fourth-order valence-electron chi connectivity index (χ4n) is 4.60. The van der Waals surface area contributed by atoms with E-state index in [1.807, 2.05) is 24.3 Å². The van der Waals surface area contributed by atoms with Gasteiger partial charge in [0.15, 0.2) is 0 Å². The molecule has 0 radical (unpaired) electrons. The van der Waals surface area contributed by atoms with Gasteiger partial charge in [-0.15, -0.1) is 10.2 Å². The van der Waals surface area contributed by atoms with Gasteiger partial charge in [0.2, 0.25) is 0 Å². The number of hydrogen-bond donors (Lipinski definition) is 0. The van der Waals surface area contributed by atoms with Crippen molar-refractivity contribution < 1.29 is 0 Å². The Morgan fingerprint density at radius 1 is 0.500 bits per heavy atom. The molecule has 4 aromatic carbocycles. The maximum atomic E-state index is 4.80. The third-order valence-electron chi connectivity index (χ3n) is 6.16. The van der Waals surface area contributed by atoms with Crippen LogP contribution in [0.25, 0.3) is 44.5 Å². The Kier molecular flexibility index (Phi) is 5.21. The Balaban J connectivity index is 1.70. The van der Waals surface area contributed by atoms with Crippen LogP contribution in [0, 0.1) is 0 Å². The molecule has 2 aromatic heterocycles. The van der Waals surface area contributed by atoms with Crippen molar-refractivity contribution in [3.05, 3.63) is 133 Å². The highest BCUT2D eigenvalue weighted by atomic mass is 15.1. The second kappa shape index (κ2) is 8.80. The molecule has 0 aliphatic carbocycles. The van der Waals surface area contributed by atoms with Crippen LogP contribution in [0.4, 0.5) is 0 Å². The van der Waals surface area contributed by atoms with Crippen molar-refractivity contribution >= 4 is 10.8 Å². The average molecular weight is 438 g/mol. The van der Waals surface area contributed by atoms with Gasteiger partial charge in [-0.2, -0.15) is 0 Å². The maximum Gasteiger partial charge on any atom is 0.103 e. The Morgan fingerprint density at radius 2 is 0.971 bits per heavy atom. The van der Waals surface area contributed by atoms with E-state index in [9.17, 15) is 0 Å². The lowest BCUT2D eigenvalue weighted by molar-refractivity contribution is 0.818. The van der Waals surface area contributed by atoms with Crippen molar-refractivity contribution in [2.24, 2.45) is 0 Å². The first-order valence-electron chi connectivity index (χ1n) is 11.5. The van der Waals surface area contributed by atoms with E-state index in [1.54, 1.807) is 0 Å². The number of hydrogen-bond acceptors (Lipinski definition) is 2. The summed E-state index contributed by atoms with van der Waals surface area (Å²) in [6.45, 7) is 0.766. The van der Waals surface area contributed by atoms with Crippen LogP contribution < -0.4 is 0 Å². The monoisotopic (exact) mass is 437 g/mol. The fraction of sp³-hybridized carbons (Fsp3) is 0.0323. The molecule has 0 atom stereocenters. The van der Waals surface area contributed by atoms with Gasteiger partial charge in [-0.1, -0.05) is 121 Å². The van der Waals surface area contributed by atoms with Crippen LogP contribution in [-0.2, 0) is 6.54 Å². The van der Waals surface area contributed by atoms with E-state index in [0.717, 1.165) is 51.1 Å². The number of aromatic nitrogens is 3. The minimum absolute atomic E-state index is 0.766. The van der Waals surface area contributed by atoms with E-state index in [0.29, 0.717) is 0 Å². The van der Waals surface area contributed by atoms with E-state index in [2.05, 4.69) is 108 Å². The summed E-state index contributed by atoms with van der Waals surface area (Å²) >= 11 is 0. The van der Waals surface area contributed by atoms with Crippen LogP contribution in [0.2, 0.25) is 0 Å². The largest absolute Gasteiger partial charge is 0.342 e. The summed E-state index contributed by atoms with van der Waals surface area (Å²) in [6, 6.07) is 41.9. The van der Waals surface area contributed by atoms with E-state index in [4.69, 9.17) is 10.2 Å². The molecule has 3 nitrogen and oxygen atoms in total. The Labute approximate surface area is 199 Å². The van der Waals surface area contributed by atoms with Crippen LogP contribution in [0.5, 0.6) is 0 Å². The smallest absolute Gasteiger partial charge is 0.103 e. The maximum absolute atomic E-state index is 4.80. The van der Waals surface area contributed by atoms with Gasteiger partial charge in [-0.25, -0.2) is 0 Å². The molecule has 0 fully saturated rings. The highest BCUT2D eigenvalue weighted by molar-refractivity contribution is 6.09. The van der Waals surface area contributed by atoms with Crippen molar-refractivity contribution in [2.45, 2.75) is 6.54 Å². The number of nitrogens with zero attached hydrogens (tertiary/aromatic N) is 3. The van der Waals surface area contributed by atoms with Gasteiger partial charge in [0.1, 0.15) is 11.4 Å². The number of benzene rings is 4. The molecule has 0 aliphatic rings. The van der Waals surface area contributed by atoms with Gasteiger partial charge >= 0.3 is 0 Å². The highest BCUT2D eigenvalue weighted by Gasteiger charge is 2.21. The lowest BCUT2D eigenvalue weighted by Crippen LogP contribution is -2.00. The van der Waals surface area contributed by atoms with E-state index in [1.165, 1.54) is 5.56 Å². The van der Waals surface area contributed by atoms with Crippen LogP contribution in [0.15, 0.2) is 128 Å². The van der Waals surface area contributed by atoms with Crippen molar-refractivity contribution in [2.75, 3.05) is 0 Å². The molecular weight excluding hydrogens is 414 g/mol. The van der Waals surface area contributed by atoms with Crippen molar-refractivity contribution in [3.63, 3.8) is 0 Å². The quantitative estimate of drug-likeness (QED) is 0.280. The van der Waals surface area contributed by atoms with Gasteiger partial charge < -0.3 is 4.57 Å². The van der Waals surface area contributed by atoms with Crippen LogP contribution in [0.1, 0.15) is 5.56 Å². The molecule has 0 N–H and O–H groups in total. The molecule has 0 saturated carbocycles. The average Bonchev–Trinajstić information content (AvgIpc) is 3.29. The summed E-state index contributed by atoms with van der Waals surface area (Å²) in [5, 5.41) is 11.8. The predicted octanol–water partition coefficient (Wildman–Crippen LogP) is 7.48. The summed E-state index contributed by atoms with van der Waals surface area (Å²) in [5.41, 5.74) is 7.51. The number of rotatable bonds is 5. The predicted molar refractivity (Wildman–Crippen MR) is 139 cm³/mol.